The third kappa shape index (κ3) is 9.87. The van der Waals surface area contributed by atoms with Gasteiger partial charge in [0.05, 0.1) is 69.7 Å². The number of benzene rings is 18. The van der Waals surface area contributed by atoms with Gasteiger partial charge >= 0.3 is 11.5 Å². The van der Waals surface area contributed by atoms with E-state index in [0.29, 0.717) is 0 Å². The van der Waals surface area contributed by atoms with E-state index in [1.807, 2.05) is 18.2 Å². The molecule has 18 aromatic carbocycles. The number of para-hydroxylation sites is 2. The zero-order chi connectivity index (χ0) is 95.7. The van der Waals surface area contributed by atoms with E-state index in [4.69, 9.17) is 23.7 Å². The minimum atomic E-state index is -0.739. The van der Waals surface area contributed by atoms with Gasteiger partial charge in [-0.15, -0.1) is 4.68 Å². The van der Waals surface area contributed by atoms with Crippen LogP contribution in [0.15, 0.2) is 443 Å². The number of allylic oxidation sites excluding steroid dienone is 1. The van der Waals surface area contributed by atoms with Crippen molar-refractivity contribution in [1.29, 1.82) is 0 Å². The molecule has 11 aliphatic heterocycles. The van der Waals surface area contributed by atoms with Crippen LogP contribution in [0, 0.1) is 13.8 Å². The van der Waals surface area contributed by atoms with E-state index < -0.39 is 16.7 Å². The van der Waals surface area contributed by atoms with Crippen molar-refractivity contribution in [2.75, 3.05) is 16.8 Å². The summed E-state index contributed by atoms with van der Waals surface area (Å²) in [5, 5.41) is 15.0. The average molecular weight is 1880 g/mol. The van der Waals surface area contributed by atoms with Crippen LogP contribution in [-0.4, -0.2) is 38.2 Å². The summed E-state index contributed by atoms with van der Waals surface area (Å²) in [6.45, 7) is 6.83. The van der Waals surface area contributed by atoms with Crippen molar-refractivity contribution in [3.63, 3.8) is 0 Å². The van der Waals surface area contributed by atoms with Gasteiger partial charge in [0.2, 0.25) is 23.0 Å². The van der Waals surface area contributed by atoms with Crippen LogP contribution >= 0.6 is 0 Å². The van der Waals surface area contributed by atoms with Crippen molar-refractivity contribution in [3.05, 3.63) is 499 Å². The molecule has 0 aliphatic carbocycles. The lowest BCUT2D eigenvalue weighted by atomic mass is 9.76. The SMILES string of the molecule is C1=C(c2ccc(-c3ccccc3)cc2)OC2N1c1cccc3c1C21c2c(ccc4c5ccccc5n(c24)-c2cccc[n+]21)O3.CC1=C(c2ccc(-c3cccc4ccccc34)c3ccccc23)N(C)C2N1c1cccc3c1C21c2c(ccc4c5ccccc5n(c24)-c2cccc[n+]21)O3.Cc1c(-c2ccc(-c3cccc4ccccc34)c3ccccc23)c(C)[n+]2n1-c1cccc3c1C21c2c(cccc2Oc2cccc[n+]21)O3. The van der Waals surface area contributed by atoms with E-state index in [-0.39, 0.29) is 12.4 Å². The molecule has 0 radical (unpaired) electrons. The predicted octanol–water partition coefficient (Wildman–Crippen LogP) is 28.0. The Kier molecular flexibility index (Phi) is 15.7. The molecule has 35 rings (SSSR count). The van der Waals surface area contributed by atoms with Gasteiger partial charge in [-0.3, -0.25) is 0 Å². The van der Waals surface area contributed by atoms with Crippen LogP contribution in [0.2, 0.25) is 0 Å². The summed E-state index contributed by atoms with van der Waals surface area (Å²) in [5.41, 5.74) is 30.1. The van der Waals surface area contributed by atoms with Crippen LogP contribution < -0.4 is 47.1 Å². The molecule has 11 aliphatic rings. The highest BCUT2D eigenvalue weighted by Crippen LogP contribution is 2.68. The van der Waals surface area contributed by atoms with Gasteiger partial charge < -0.3 is 38.4 Å². The maximum absolute atomic E-state index is 7.15. The quantitative estimate of drug-likeness (QED) is 0.152. The van der Waals surface area contributed by atoms with E-state index >= 15 is 0 Å². The van der Waals surface area contributed by atoms with Crippen molar-refractivity contribution >= 4 is 110 Å². The van der Waals surface area contributed by atoms with Crippen LogP contribution in [-0.2, 0) is 21.5 Å². The number of fused-ring (bicyclic) bond motifs is 21. The molecular weight excluding hydrogens is 1790 g/mol. The van der Waals surface area contributed by atoms with Gasteiger partial charge in [0.1, 0.15) is 62.5 Å². The Hall–Kier alpha value is -18.9. The summed E-state index contributed by atoms with van der Waals surface area (Å²) in [5.74, 6) is 10.00. The number of nitrogens with zero attached hydrogens (tertiary/aromatic N) is 10. The van der Waals surface area contributed by atoms with Gasteiger partial charge in [-0.25, -0.2) is 9.13 Å². The van der Waals surface area contributed by atoms with Gasteiger partial charge in [0.15, 0.2) is 40.3 Å². The number of aromatic nitrogens is 7. The topological polar surface area (TPSA) is 86.2 Å². The molecule has 24 aromatic rings. The van der Waals surface area contributed by atoms with Gasteiger partial charge in [-0.2, -0.15) is 9.13 Å². The predicted molar refractivity (Wildman–Crippen MR) is 574 cm³/mol. The first-order valence-electron chi connectivity index (χ1n) is 50.3. The summed E-state index contributed by atoms with van der Waals surface area (Å²) in [6.07, 6.45) is 8.39. The van der Waals surface area contributed by atoms with E-state index in [1.165, 1.54) is 176 Å². The molecule has 5 atom stereocenters. The van der Waals surface area contributed by atoms with Crippen LogP contribution in [0.3, 0.4) is 0 Å². The molecule has 0 saturated carbocycles. The molecule has 0 amide bonds. The first-order valence-corrected chi connectivity index (χ1v) is 50.3. The van der Waals surface area contributed by atoms with Gasteiger partial charge in [0, 0.05) is 70.5 Å². The molecule has 0 bridgehead atoms. The average Bonchev–Trinajstić information content (AvgIpc) is 1.48. The van der Waals surface area contributed by atoms with Crippen molar-refractivity contribution in [2.45, 2.75) is 49.9 Å². The molecule has 3 spiro atoms. The highest BCUT2D eigenvalue weighted by atomic mass is 16.5. The highest BCUT2D eigenvalue weighted by Gasteiger charge is 2.74. The highest BCUT2D eigenvalue weighted by molar-refractivity contribution is 6.16. The van der Waals surface area contributed by atoms with Crippen molar-refractivity contribution in [1.82, 2.24) is 18.7 Å². The summed E-state index contributed by atoms with van der Waals surface area (Å²) in [7, 11) is 2.31. The fraction of sp³-hybridized carbons (Fsp3) is 0.0687. The van der Waals surface area contributed by atoms with Crippen LogP contribution in [0.5, 0.6) is 46.1 Å². The zero-order valence-electron chi connectivity index (χ0n) is 79.7. The number of ether oxygens (including phenoxy) is 5. The number of pyridine rings is 3. The van der Waals surface area contributed by atoms with Crippen molar-refractivity contribution in [2.24, 2.45) is 0 Å². The molecule has 15 heteroatoms. The minimum Gasteiger partial charge on any atom is -0.462 e. The molecule has 0 fully saturated rings. The maximum Gasteiger partial charge on any atom is 0.452 e. The standard InChI is InChI=1S/C49H33N4O.C43H29N3O2.C39H24N3O2/c1-29-46(37-25-24-35(33-16-5-6-17-34(33)37)32-19-11-14-30-13-3-4-15-31(30)32)50(2)48-49-44-40(52(29)48)21-12-22-41(44)54-42-27-26-38-36-18-7-8-20-39(36)53(47(38)45(42)49)43-23-9-10-28-51(43)49;1-26-40(34-24-23-33(31-15-5-6-16-32(31)34)30-17-9-13-28-12-3-4-14-29(28)30)27(2)46-43-41-35(45(26)46)18-10-19-36(41)47-37-20-11-21-38(42(37)43)48-39-22-7-8-25-44(39)43;1-2-9-24(10-3-1)25-16-18-26(19-17-25)33-23-40-30-13-8-14-31-35(30)39(38(40)44-33)36-32(43-31)21-20-28-27-11-4-5-12-29(27)42(37(28)36)34-15-6-7-22-41(34)39/h3-28,48H,1-2H3;3-25H,1-2H3;1-23,38H/q+1;+2;+1. The second-order valence-electron chi connectivity index (χ2n) is 40.1. The summed E-state index contributed by atoms with van der Waals surface area (Å²) >= 11 is 0. The zero-order valence-corrected chi connectivity index (χ0v) is 79.7. The number of hydrogen-bond acceptors (Lipinski definition) is 8. The molecule has 6 aromatic heterocycles. The lowest BCUT2D eigenvalue weighted by molar-refractivity contribution is -0.999. The molecule has 17 heterocycles. The van der Waals surface area contributed by atoms with Crippen molar-refractivity contribution < 1.29 is 42.1 Å². The third-order valence-corrected chi connectivity index (χ3v) is 33.3. The van der Waals surface area contributed by atoms with E-state index in [1.54, 1.807) is 0 Å². The summed E-state index contributed by atoms with van der Waals surface area (Å²) in [6, 6.07) is 148. The van der Waals surface area contributed by atoms with Crippen LogP contribution in [0.4, 0.5) is 11.4 Å². The molecule has 0 saturated heterocycles. The molecular formula is C131H86N10O5+4. The molecule has 146 heavy (non-hydrogen) atoms. The Balaban J connectivity index is 0.0000000963. The second-order valence-corrected chi connectivity index (χ2v) is 40.1. The van der Waals surface area contributed by atoms with E-state index in [2.05, 4.69) is 494 Å². The third-order valence-electron chi connectivity index (χ3n) is 33.3. The summed E-state index contributed by atoms with van der Waals surface area (Å²) in [4.78, 5) is 7.48. The molecule has 0 N–H and O–H groups in total. The Bertz CT molecular complexity index is 10100. The van der Waals surface area contributed by atoms with E-state index in [9.17, 15) is 0 Å². The minimum absolute atomic E-state index is 0.0914. The Morgan fingerprint density at radius 2 is 0.733 bits per heavy atom. The van der Waals surface area contributed by atoms with Gasteiger partial charge in [0.25, 0.3) is 11.6 Å². The number of hydrogen-bond donors (Lipinski definition) is 0. The number of likely N-dealkylation sites (N-methyl/N-ethyl adjacent to an activating group) is 1. The fourth-order valence-corrected chi connectivity index (χ4v) is 28.0. The first-order chi connectivity index (χ1) is 72.1. The monoisotopic (exact) mass is 1880 g/mol. The molecule has 15 nitrogen and oxygen atoms in total. The van der Waals surface area contributed by atoms with Crippen molar-refractivity contribution in [3.8, 4) is 108 Å². The first kappa shape index (κ1) is 79.9. The van der Waals surface area contributed by atoms with E-state index in [0.717, 1.165) is 103 Å². The number of rotatable bonds is 6. The normalized spacial score (nSPS) is 18.2. The fourth-order valence-electron chi connectivity index (χ4n) is 28.0. The maximum atomic E-state index is 7.15. The van der Waals surface area contributed by atoms with Gasteiger partial charge in [-0.05, 0) is 216 Å². The van der Waals surface area contributed by atoms with Gasteiger partial charge in [-0.1, -0.05) is 278 Å². The Morgan fingerprint density at radius 3 is 1.35 bits per heavy atom. The van der Waals surface area contributed by atoms with Crippen LogP contribution in [0.1, 0.15) is 62.8 Å². The lowest BCUT2D eigenvalue weighted by Gasteiger charge is -2.43. The Labute approximate surface area is 838 Å². The molecule has 686 valence electrons. The Morgan fingerprint density at radius 1 is 0.301 bits per heavy atom. The number of anilines is 2. The largest absolute Gasteiger partial charge is 0.462 e. The molecule has 5 unspecified atom stereocenters. The van der Waals surface area contributed by atoms with Crippen LogP contribution in [0.25, 0.3) is 160 Å². The summed E-state index contributed by atoms with van der Waals surface area (Å²) < 4.78 is 51.1. The second kappa shape index (κ2) is 28.7. The smallest absolute Gasteiger partial charge is 0.452 e. The lowest BCUT2D eigenvalue weighted by Crippen LogP contribution is -2.76.